The molecule has 1 aliphatic carbocycles. The minimum absolute atomic E-state index is 0. The minimum atomic E-state index is -0.479. The van der Waals surface area contributed by atoms with Crippen molar-refractivity contribution >= 4 is 48.1 Å². The number of hydrogen-bond donors (Lipinski definition) is 3. The lowest BCUT2D eigenvalue weighted by molar-refractivity contribution is -0.128. The minimum Gasteiger partial charge on any atom is -0.366 e. The number of carbonyl (C=O) groups is 2. The van der Waals surface area contributed by atoms with Gasteiger partial charge in [-0.05, 0) is 25.0 Å². The third-order valence-corrected chi connectivity index (χ3v) is 3.45. The standard InChI is InChI=1S/C14H18N4O3.2ClH/c19-13(9-1-2-9)18-12-4-3-10(7-16-12)17-14(20)11-8-15-5-6-21-11;;/h3-4,7,9,11,15H,1-2,5-6,8H2,(H,17,20)(H,16,18,19);2*1H. The van der Waals surface area contributed by atoms with Crippen LogP contribution in [-0.2, 0) is 14.3 Å². The molecule has 1 aromatic rings. The van der Waals surface area contributed by atoms with Gasteiger partial charge in [0.25, 0.3) is 5.91 Å². The fourth-order valence-corrected chi connectivity index (χ4v) is 2.07. The molecule has 0 bridgehead atoms. The van der Waals surface area contributed by atoms with Gasteiger partial charge in [0.05, 0.1) is 18.5 Å². The van der Waals surface area contributed by atoms with Crippen molar-refractivity contribution in [1.29, 1.82) is 0 Å². The van der Waals surface area contributed by atoms with Gasteiger partial charge in [-0.1, -0.05) is 0 Å². The average molecular weight is 363 g/mol. The molecule has 1 aromatic heterocycles. The summed E-state index contributed by atoms with van der Waals surface area (Å²) in [5.74, 6) is 0.461. The van der Waals surface area contributed by atoms with E-state index in [1.54, 1.807) is 12.1 Å². The Hall–Kier alpha value is -1.41. The first-order valence-corrected chi connectivity index (χ1v) is 7.12. The summed E-state index contributed by atoms with van der Waals surface area (Å²) in [6, 6.07) is 3.39. The molecule has 0 spiro atoms. The van der Waals surface area contributed by atoms with Crippen molar-refractivity contribution < 1.29 is 14.3 Å². The molecule has 23 heavy (non-hydrogen) atoms. The molecule has 1 aliphatic heterocycles. The second kappa shape index (κ2) is 9.02. The number of amides is 2. The van der Waals surface area contributed by atoms with Crippen LogP contribution in [0.4, 0.5) is 11.5 Å². The zero-order chi connectivity index (χ0) is 14.7. The number of nitrogens with zero attached hydrogens (tertiary/aromatic N) is 1. The van der Waals surface area contributed by atoms with E-state index in [0.29, 0.717) is 24.7 Å². The first-order chi connectivity index (χ1) is 10.2. The Labute approximate surface area is 146 Å². The molecule has 1 saturated carbocycles. The molecule has 1 saturated heterocycles. The Morgan fingerprint density at radius 3 is 2.52 bits per heavy atom. The molecule has 2 aliphatic rings. The third kappa shape index (κ3) is 5.62. The van der Waals surface area contributed by atoms with Crippen LogP contribution in [0.2, 0.25) is 0 Å². The molecule has 1 unspecified atom stereocenters. The summed E-state index contributed by atoms with van der Waals surface area (Å²) in [4.78, 5) is 27.7. The summed E-state index contributed by atoms with van der Waals surface area (Å²) in [5.41, 5.74) is 0.582. The predicted molar refractivity (Wildman–Crippen MR) is 91.3 cm³/mol. The quantitative estimate of drug-likeness (QED) is 0.748. The van der Waals surface area contributed by atoms with Crippen molar-refractivity contribution in [2.45, 2.75) is 18.9 Å². The Balaban J connectivity index is 0.00000132. The summed E-state index contributed by atoms with van der Waals surface area (Å²) in [6.07, 6.45) is 2.95. The van der Waals surface area contributed by atoms with Crippen LogP contribution >= 0.6 is 24.8 Å². The number of ether oxygens (including phenoxy) is 1. The number of halogens is 2. The number of hydrogen-bond acceptors (Lipinski definition) is 5. The molecule has 3 N–H and O–H groups in total. The van der Waals surface area contributed by atoms with E-state index in [-0.39, 0.29) is 42.5 Å². The van der Waals surface area contributed by atoms with Gasteiger partial charge in [0.15, 0.2) is 0 Å². The van der Waals surface area contributed by atoms with Gasteiger partial charge >= 0.3 is 0 Å². The summed E-state index contributed by atoms with van der Waals surface area (Å²) >= 11 is 0. The molecule has 7 nitrogen and oxygen atoms in total. The Morgan fingerprint density at radius 1 is 1.17 bits per heavy atom. The molecule has 128 valence electrons. The highest BCUT2D eigenvalue weighted by molar-refractivity contribution is 5.95. The SMILES string of the molecule is Cl.Cl.O=C(Nc1ccc(NC(=O)C2CNCCO2)cn1)C1CC1. The number of nitrogens with one attached hydrogen (secondary N) is 3. The lowest BCUT2D eigenvalue weighted by atomic mass is 10.2. The molecule has 2 amide bonds. The van der Waals surface area contributed by atoms with E-state index in [2.05, 4.69) is 20.9 Å². The lowest BCUT2D eigenvalue weighted by Gasteiger charge is -2.22. The maximum Gasteiger partial charge on any atom is 0.254 e. The van der Waals surface area contributed by atoms with E-state index in [1.807, 2.05) is 0 Å². The van der Waals surface area contributed by atoms with Crippen molar-refractivity contribution in [3.63, 3.8) is 0 Å². The van der Waals surface area contributed by atoms with Crippen LogP contribution in [0, 0.1) is 5.92 Å². The molecule has 3 rings (SSSR count). The first-order valence-electron chi connectivity index (χ1n) is 7.12. The zero-order valence-electron chi connectivity index (χ0n) is 12.4. The molecular weight excluding hydrogens is 343 g/mol. The van der Waals surface area contributed by atoms with Crippen molar-refractivity contribution in [3.05, 3.63) is 18.3 Å². The largest absolute Gasteiger partial charge is 0.366 e. The molecule has 1 atom stereocenters. The highest BCUT2D eigenvalue weighted by Crippen LogP contribution is 2.29. The van der Waals surface area contributed by atoms with Gasteiger partial charge in [0.2, 0.25) is 5.91 Å². The molecule has 2 heterocycles. The van der Waals surface area contributed by atoms with Gasteiger partial charge in [-0.25, -0.2) is 4.98 Å². The number of aromatic nitrogens is 1. The highest BCUT2D eigenvalue weighted by atomic mass is 35.5. The average Bonchev–Trinajstić information content (AvgIpc) is 3.35. The normalized spacial score (nSPS) is 19.7. The van der Waals surface area contributed by atoms with E-state index < -0.39 is 6.10 Å². The Morgan fingerprint density at radius 2 is 1.96 bits per heavy atom. The summed E-state index contributed by atoms with van der Waals surface area (Å²) in [7, 11) is 0. The van der Waals surface area contributed by atoms with Crippen molar-refractivity contribution in [3.8, 4) is 0 Å². The molecule has 0 aromatic carbocycles. The Bertz CT molecular complexity index is 531. The number of carbonyl (C=O) groups excluding carboxylic acids is 2. The van der Waals surface area contributed by atoms with Gasteiger partial charge in [0, 0.05) is 19.0 Å². The van der Waals surface area contributed by atoms with Gasteiger partial charge in [-0.2, -0.15) is 0 Å². The van der Waals surface area contributed by atoms with Crippen molar-refractivity contribution in [1.82, 2.24) is 10.3 Å². The first kappa shape index (κ1) is 19.6. The van der Waals surface area contributed by atoms with Crippen LogP contribution in [0.3, 0.4) is 0 Å². The second-order valence-electron chi connectivity index (χ2n) is 5.25. The number of anilines is 2. The van der Waals surface area contributed by atoms with Crippen LogP contribution in [0.5, 0.6) is 0 Å². The highest BCUT2D eigenvalue weighted by Gasteiger charge is 2.29. The smallest absolute Gasteiger partial charge is 0.254 e. The third-order valence-electron chi connectivity index (χ3n) is 3.45. The summed E-state index contributed by atoms with van der Waals surface area (Å²) in [6.45, 7) is 1.80. The van der Waals surface area contributed by atoms with Crippen molar-refractivity contribution in [2.24, 2.45) is 5.92 Å². The van der Waals surface area contributed by atoms with Crippen LogP contribution < -0.4 is 16.0 Å². The van der Waals surface area contributed by atoms with E-state index in [1.165, 1.54) is 6.20 Å². The second-order valence-corrected chi connectivity index (χ2v) is 5.25. The van der Waals surface area contributed by atoms with Gasteiger partial charge in [0.1, 0.15) is 11.9 Å². The fourth-order valence-electron chi connectivity index (χ4n) is 2.07. The van der Waals surface area contributed by atoms with Crippen LogP contribution in [0.15, 0.2) is 18.3 Å². The van der Waals surface area contributed by atoms with Gasteiger partial charge in [-0.3, -0.25) is 9.59 Å². The van der Waals surface area contributed by atoms with E-state index >= 15 is 0 Å². The van der Waals surface area contributed by atoms with Gasteiger partial charge < -0.3 is 20.7 Å². The lowest BCUT2D eigenvalue weighted by Crippen LogP contribution is -2.45. The van der Waals surface area contributed by atoms with Crippen LogP contribution in [-0.4, -0.2) is 42.6 Å². The maximum absolute atomic E-state index is 12.0. The zero-order valence-corrected chi connectivity index (χ0v) is 14.0. The number of pyridine rings is 1. The topological polar surface area (TPSA) is 92.4 Å². The van der Waals surface area contributed by atoms with Gasteiger partial charge in [-0.15, -0.1) is 24.8 Å². The molecule has 9 heteroatoms. The fraction of sp³-hybridized carbons (Fsp3) is 0.500. The van der Waals surface area contributed by atoms with Crippen molar-refractivity contribution in [2.75, 3.05) is 30.3 Å². The molecular formula is C14H20Cl2N4O3. The van der Waals surface area contributed by atoms with Crippen LogP contribution in [0.25, 0.3) is 0 Å². The number of morpholine rings is 1. The van der Waals surface area contributed by atoms with E-state index in [0.717, 1.165) is 19.4 Å². The van der Waals surface area contributed by atoms with E-state index in [9.17, 15) is 9.59 Å². The summed E-state index contributed by atoms with van der Waals surface area (Å²) < 4.78 is 5.37. The predicted octanol–water partition coefficient (Wildman–Crippen LogP) is 1.20. The maximum atomic E-state index is 12.0. The summed E-state index contributed by atoms with van der Waals surface area (Å²) in [5, 5.41) is 8.60. The molecule has 0 radical (unpaired) electrons. The van der Waals surface area contributed by atoms with E-state index in [4.69, 9.17) is 4.74 Å². The molecule has 2 fully saturated rings. The van der Waals surface area contributed by atoms with Crippen LogP contribution in [0.1, 0.15) is 12.8 Å². The Kier molecular flexibility index (Phi) is 7.70. The monoisotopic (exact) mass is 362 g/mol. The number of rotatable bonds is 4.